The van der Waals surface area contributed by atoms with Crippen LogP contribution in [0.5, 0.6) is 0 Å². The predicted molar refractivity (Wildman–Crippen MR) is 61.5 cm³/mol. The van der Waals surface area contributed by atoms with Gasteiger partial charge in [0.15, 0.2) is 0 Å². The van der Waals surface area contributed by atoms with Crippen LogP contribution in [0.15, 0.2) is 15.9 Å². The summed E-state index contributed by atoms with van der Waals surface area (Å²) in [5, 5.41) is 8.83. The second kappa shape index (κ2) is 5.89. The number of nitriles is 1. The Labute approximate surface area is 101 Å². The highest BCUT2D eigenvalue weighted by Crippen LogP contribution is 2.24. The van der Waals surface area contributed by atoms with Crippen molar-refractivity contribution in [2.24, 2.45) is 5.92 Å². The minimum atomic E-state index is -0.699. The first-order valence-corrected chi connectivity index (χ1v) is 6.08. The van der Waals surface area contributed by atoms with Crippen LogP contribution >= 0.6 is 27.3 Å². The number of rotatable bonds is 4. The van der Waals surface area contributed by atoms with Crippen LogP contribution in [0, 0.1) is 17.2 Å². The summed E-state index contributed by atoms with van der Waals surface area (Å²) < 4.78 is 5.80. The summed E-state index contributed by atoms with van der Waals surface area (Å²) in [7, 11) is 0. The molecule has 0 fully saturated rings. The van der Waals surface area contributed by atoms with Crippen LogP contribution < -0.4 is 0 Å². The van der Waals surface area contributed by atoms with Gasteiger partial charge in [-0.15, -0.1) is 11.3 Å². The second-order valence-electron chi connectivity index (χ2n) is 2.84. The van der Waals surface area contributed by atoms with Crippen molar-refractivity contribution in [2.75, 3.05) is 6.61 Å². The third-order valence-corrected chi connectivity index (χ3v) is 3.41. The highest BCUT2D eigenvalue weighted by atomic mass is 79.9. The van der Waals surface area contributed by atoms with Crippen LogP contribution in [-0.4, -0.2) is 12.6 Å². The number of ether oxygens (including phenoxy) is 1. The van der Waals surface area contributed by atoms with Gasteiger partial charge in [-0.25, -0.2) is 0 Å². The Hall–Kier alpha value is -0.860. The van der Waals surface area contributed by atoms with E-state index in [9.17, 15) is 4.79 Å². The summed E-state index contributed by atoms with van der Waals surface area (Å²) in [6, 6.07) is 5.76. The molecule has 1 heterocycles. The Balaban J connectivity index is 2.62. The number of carbonyl (C=O) groups excluding carboxylic acids is 1. The molecule has 0 aliphatic heterocycles. The van der Waals surface area contributed by atoms with Crippen LogP contribution in [0.4, 0.5) is 0 Å². The molecule has 0 saturated carbocycles. The van der Waals surface area contributed by atoms with E-state index in [-0.39, 0.29) is 0 Å². The first-order valence-electron chi connectivity index (χ1n) is 4.47. The average molecular weight is 288 g/mol. The van der Waals surface area contributed by atoms with Gasteiger partial charge in [0.05, 0.1) is 16.5 Å². The molecule has 5 heteroatoms. The van der Waals surface area contributed by atoms with E-state index in [4.69, 9.17) is 10.00 Å². The van der Waals surface area contributed by atoms with Crippen molar-refractivity contribution in [3.8, 4) is 6.07 Å². The molecular weight excluding hydrogens is 278 g/mol. The molecule has 80 valence electrons. The summed E-state index contributed by atoms with van der Waals surface area (Å²) in [6.45, 7) is 2.04. The zero-order valence-corrected chi connectivity index (χ0v) is 10.6. The average Bonchev–Trinajstić information content (AvgIpc) is 2.61. The first-order chi connectivity index (χ1) is 7.17. The molecule has 1 aromatic rings. The summed E-state index contributed by atoms with van der Waals surface area (Å²) in [5.41, 5.74) is 0. The van der Waals surface area contributed by atoms with Crippen molar-refractivity contribution in [3.63, 3.8) is 0 Å². The van der Waals surface area contributed by atoms with Crippen molar-refractivity contribution in [1.82, 2.24) is 0 Å². The fraction of sp³-hybridized carbons (Fsp3) is 0.400. The van der Waals surface area contributed by atoms with Crippen LogP contribution in [0.1, 0.15) is 11.8 Å². The summed E-state index contributed by atoms with van der Waals surface area (Å²) in [5.74, 6) is -1.14. The summed E-state index contributed by atoms with van der Waals surface area (Å²) in [4.78, 5) is 12.3. The van der Waals surface area contributed by atoms with Gasteiger partial charge in [0.2, 0.25) is 0 Å². The van der Waals surface area contributed by atoms with E-state index in [1.165, 1.54) is 11.3 Å². The van der Waals surface area contributed by atoms with Crippen molar-refractivity contribution in [2.45, 2.75) is 13.3 Å². The second-order valence-corrected chi connectivity index (χ2v) is 5.39. The molecule has 0 spiro atoms. The van der Waals surface area contributed by atoms with E-state index in [1.54, 1.807) is 6.92 Å². The monoisotopic (exact) mass is 287 g/mol. The van der Waals surface area contributed by atoms with E-state index in [0.717, 1.165) is 8.66 Å². The lowest BCUT2D eigenvalue weighted by atomic mass is 10.1. The highest BCUT2D eigenvalue weighted by molar-refractivity contribution is 9.11. The number of esters is 1. The van der Waals surface area contributed by atoms with Gasteiger partial charge in [0, 0.05) is 11.3 Å². The first kappa shape index (κ1) is 12.2. The smallest absolute Gasteiger partial charge is 0.323 e. The third-order valence-electron chi connectivity index (χ3n) is 1.76. The molecular formula is C10H10BrNO2S. The van der Waals surface area contributed by atoms with Gasteiger partial charge in [-0.05, 0) is 35.0 Å². The molecule has 0 saturated heterocycles. The van der Waals surface area contributed by atoms with E-state index >= 15 is 0 Å². The standard InChI is InChI=1S/C10H10BrNO2S/c1-2-14-10(13)7(6-12)5-8-3-4-9(11)15-8/h3-4,7H,2,5H2,1H3. The number of nitrogens with zero attached hydrogens (tertiary/aromatic N) is 1. The number of carbonyl (C=O) groups is 1. The maximum absolute atomic E-state index is 11.3. The lowest BCUT2D eigenvalue weighted by Gasteiger charge is -2.06. The SMILES string of the molecule is CCOC(=O)C(C#N)Cc1ccc(Br)s1. The quantitative estimate of drug-likeness (QED) is 0.800. The fourth-order valence-electron chi connectivity index (χ4n) is 1.09. The minimum absolute atomic E-state index is 0.311. The molecule has 0 N–H and O–H groups in total. The van der Waals surface area contributed by atoms with Gasteiger partial charge in [0.25, 0.3) is 0 Å². The molecule has 3 nitrogen and oxygen atoms in total. The molecule has 15 heavy (non-hydrogen) atoms. The van der Waals surface area contributed by atoms with E-state index in [1.807, 2.05) is 18.2 Å². The van der Waals surface area contributed by atoms with Gasteiger partial charge in [-0.1, -0.05) is 0 Å². The normalized spacial score (nSPS) is 11.8. The van der Waals surface area contributed by atoms with E-state index < -0.39 is 11.9 Å². The van der Waals surface area contributed by atoms with Gasteiger partial charge in [-0.3, -0.25) is 4.79 Å². The van der Waals surface area contributed by atoms with Crippen LogP contribution in [0.2, 0.25) is 0 Å². The molecule has 0 bridgehead atoms. The fourth-order valence-corrected chi connectivity index (χ4v) is 2.62. The zero-order chi connectivity index (χ0) is 11.3. The predicted octanol–water partition coefficient (Wildman–Crippen LogP) is 2.76. The third kappa shape index (κ3) is 3.65. The summed E-state index contributed by atoms with van der Waals surface area (Å²) >= 11 is 4.86. The van der Waals surface area contributed by atoms with Crippen molar-refractivity contribution in [1.29, 1.82) is 5.26 Å². The number of thiophene rings is 1. The Morgan fingerprint density at radius 3 is 2.93 bits per heavy atom. The largest absolute Gasteiger partial charge is 0.465 e. The molecule has 0 amide bonds. The van der Waals surface area contributed by atoms with Crippen LogP contribution in [0.25, 0.3) is 0 Å². The Morgan fingerprint density at radius 1 is 1.73 bits per heavy atom. The Morgan fingerprint density at radius 2 is 2.47 bits per heavy atom. The zero-order valence-electron chi connectivity index (χ0n) is 8.20. The molecule has 0 aromatic carbocycles. The molecule has 1 unspecified atom stereocenters. The van der Waals surface area contributed by atoms with Crippen molar-refractivity contribution < 1.29 is 9.53 Å². The van der Waals surface area contributed by atoms with E-state index in [2.05, 4.69) is 15.9 Å². The minimum Gasteiger partial charge on any atom is -0.465 e. The van der Waals surface area contributed by atoms with Gasteiger partial charge in [0.1, 0.15) is 5.92 Å². The highest BCUT2D eigenvalue weighted by Gasteiger charge is 2.20. The van der Waals surface area contributed by atoms with Gasteiger partial charge >= 0.3 is 5.97 Å². The van der Waals surface area contributed by atoms with Crippen LogP contribution in [-0.2, 0) is 16.0 Å². The number of hydrogen-bond donors (Lipinski definition) is 0. The maximum Gasteiger partial charge on any atom is 0.323 e. The maximum atomic E-state index is 11.3. The number of hydrogen-bond acceptors (Lipinski definition) is 4. The van der Waals surface area contributed by atoms with Crippen LogP contribution in [0.3, 0.4) is 0 Å². The topological polar surface area (TPSA) is 50.1 Å². The molecule has 1 atom stereocenters. The van der Waals surface area contributed by atoms with Gasteiger partial charge in [-0.2, -0.15) is 5.26 Å². The molecule has 1 aromatic heterocycles. The van der Waals surface area contributed by atoms with Gasteiger partial charge < -0.3 is 4.74 Å². The molecule has 1 rings (SSSR count). The van der Waals surface area contributed by atoms with E-state index in [0.29, 0.717) is 13.0 Å². The Kier molecular flexibility index (Phi) is 4.79. The Bertz CT molecular complexity index is 383. The van der Waals surface area contributed by atoms with Crippen molar-refractivity contribution in [3.05, 3.63) is 20.8 Å². The lowest BCUT2D eigenvalue weighted by Crippen LogP contribution is -2.17. The van der Waals surface area contributed by atoms with Crippen molar-refractivity contribution >= 4 is 33.2 Å². The molecule has 0 aliphatic carbocycles. The molecule has 0 radical (unpaired) electrons. The lowest BCUT2D eigenvalue weighted by molar-refractivity contribution is -0.145. The molecule has 0 aliphatic rings. The number of halogens is 1. The summed E-state index contributed by atoms with van der Waals surface area (Å²) in [6.07, 6.45) is 0.422.